The first kappa shape index (κ1) is 16.0. The van der Waals surface area contributed by atoms with Crippen molar-refractivity contribution in [3.8, 4) is 0 Å². The third-order valence-electron chi connectivity index (χ3n) is 7.35. The fourth-order valence-electron chi connectivity index (χ4n) is 6.24. The summed E-state index contributed by atoms with van der Waals surface area (Å²) in [5.41, 5.74) is 1.19. The summed E-state index contributed by atoms with van der Waals surface area (Å²) < 4.78 is 6.40. The lowest BCUT2D eigenvalue weighted by molar-refractivity contribution is -0.162. The molecule has 130 valence electrons. The van der Waals surface area contributed by atoms with Crippen LogP contribution >= 0.6 is 0 Å². The van der Waals surface area contributed by atoms with E-state index in [-0.39, 0.29) is 22.6 Å². The maximum absolute atomic E-state index is 11.8. The molecule has 1 aliphatic heterocycles. The number of carbonyl (C=O) groups is 1. The van der Waals surface area contributed by atoms with Gasteiger partial charge in [-0.25, -0.2) is 0 Å². The predicted molar refractivity (Wildman–Crippen MR) is 93.3 cm³/mol. The van der Waals surface area contributed by atoms with Crippen LogP contribution in [0.3, 0.4) is 0 Å². The molecule has 0 aromatic heterocycles. The van der Waals surface area contributed by atoms with Crippen molar-refractivity contribution in [3.63, 3.8) is 0 Å². The minimum atomic E-state index is -0.358. The zero-order chi connectivity index (χ0) is 17.3. The normalized spacial score (nSPS) is 43.3. The smallest absolute Gasteiger partial charge is 0.223 e. The van der Waals surface area contributed by atoms with Crippen molar-refractivity contribution in [2.45, 2.75) is 65.4 Å². The van der Waals surface area contributed by atoms with Gasteiger partial charge in [0.2, 0.25) is 5.78 Å². The van der Waals surface area contributed by atoms with E-state index < -0.39 is 0 Å². The molecule has 4 aliphatic rings. The lowest BCUT2D eigenvalue weighted by Crippen LogP contribution is -2.58. The number of rotatable bonds is 0. The Hall–Kier alpha value is -1.51. The minimum absolute atomic E-state index is 0.182. The molecule has 2 fully saturated rings. The summed E-state index contributed by atoms with van der Waals surface area (Å²) in [4.78, 5) is 11.8. The molecule has 2 saturated carbocycles. The summed E-state index contributed by atoms with van der Waals surface area (Å²) in [6.45, 7) is 9.49. The fourth-order valence-corrected chi connectivity index (χ4v) is 6.24. The lowest BCUT2D eigenvalue weighted by Gasteiger charge is -2.62. The molecule has 4 rings (SSSR count). The molecule has 0 amide bonds. The van der Waals surface area contributed by atoms with Crippen LogP contribution in [-0.2, 0) is 9.53 Å². The number of aliphatic hydroxyl groups excluding tert-OH is 1. The highest BCUT2D eigenvalue weighted by atomic mass is 16.5. The van der Waals surface area contributed by atoms with Crippen LogP contribution in [0, 0.1) is 22.7 Å². The highest BCUT2D eigenvalue weighted by Crippen LogP contribution is 2.64. The number of hydrogen-bond acceptors (Lipinski definition) is 3. The van der Waals surface area contributed by atoms with E-state index in [9.17, 15) is 9.90 Å². The first-order valence-electron chi connectivity index (χ1n) is 9.24. The third kappa shape index (κ3) is 2.06. The Labute approximate surface area is 144 Å². The van der Waals surface area contributed by atoms with E-state index in [1.807, 2.05) is 0 Å². The van der Waals surface area contributed by atoms with Crippen molar-refractivity contribution < 1.29 is 14.6 Å². The van der Waals surface area contributed by atoms with Crippen LogP contribution in [0.1, 0.15) is 59.8 Å². The molecule has 3 nitrogen and oxygen atoms in total. The molecule has 24 heavy (non-hydrogen) atoms. The van der Waals surface area contributed by atoms with E-state index in [0.717, 1.165) is 12.0 Å². The molecule has 0 radical (unpaired) electrons. The third-order valence-corrected chi connectivity index (χ3v) is 7.35. The van der Waals surface area contributed by atoms with Crippen LogP contribution in [0.25, 0.3) is 0 Å². The predicted octanol–water partition coefficient (Wildman–Crippen LogP) is 4.85. The Bertz CT molecular complexity index is 696. The first-order chi connectivity index (χ1) is 11.2. The number of carbonyl (C=O) groups excluding carboxylic acids is 1. The zero-order valence-electron chi connectivity index (χ0n) is 15.2. The van der Waals surface area contributed by atoms with Crippen LogP contribution in [0.15, 0.2) is 35.3 Å². The van der Waals surface area contributed by atoms with E-state index in [1.54, 1.807) is 6.08 Å². The molecule has 0 aromatic rings. The van der Waals surface area contributed by atoms with E-state index in [4.69, 9.17) is 4.74 Å². The second-order valence-electron chi connectivity index (χ2n) is 9.36. The maximum atomic E-state index is 11.8. The van der Waals surface area contributed by atoms with Gasteiger partial charge in [0.05, 0.1) is 0 Å². The summed E-state index contributed by atoms with van der Waals surface area (Å²) in [5, 5.41) is 9.83. The molecule has 0 bridgehead atoms. The van der Waals surface area contributed by atoms with E-state index in [1.165, 1.54) is 31.8 Å². The summed E-state index contributed by atoms with van der Waals surface area (Å²) in [6, 6.07) is 0. The van der Waals surface area contributed by atoms with Gasteiger partial charge in [0, 0.05) is 17.6 Å². The van der Waals surface area contributed by atoms with Crippen molar-refractivity contribution in [2.75, 3.05) is 0 Å². The van der Waals surface area contributed by atoms with Gasteiger partial charge >= 0.3 is 0 Å². The summed E-state index contributed by atoms with van der Waals surface area (Å²) in [6.07, 6.45) is 11.3. The maximum Gasteiger partial charge on any atom is 0.223 e. The van der Waals surface area contributed by atoms with Crippen LogP contribution < -0.4 is 0 Å². The van der Waals surface area contributed by atoms with Crippen LogP contribution in [-0.4, -0.2) is 16.5 Å². The molecule has 0 spiro atoms. The number of ketones is 1. The second-order valence-corrected chi connectivity index (χ2v) is 9.36. The van der Waals surface area contributed by atoms with Gasteiger partial charge in [0.1, 0.15) is 11.4 Å². The van der Waals surface area contributed by atoms with Crippen LogP contribution in [0.4, 0.5) is 0 Å². The average Bonchev–Trinajstić information content (AvgIpc) is 2.46. The molecule has 3 heteroatoms. The van der Waals surface area contributed by atoms with Crippen molar-refractivity contribution in [1.29, 1.82) is 0 Å². The molecule has 0 saturated heterocycles. The van der Waals surface area contributed by atoms with Gasteiger partial charge in [-0.1, -0.05) is 33.3 Å². The van der Waals surface area contributed by atoms with E-state index in [0.29, 0.717) is 23.0 Å². The summed E-state index contributed by atoms with van der Waals surface area (Å²) in [7, 11) is 0. The zero-order valence-corrected chi connectivity index (χ0v) is 15.2. The van der Waals surface area contributed by atoms with Gasteiger partial charge in [-0.3, -0.25) is 4.79 Å². The number of fused-ring (bicyclic) bond motifs is 4. The van der Waals surface area contributed by atoms with Crippen molar-refractivity contribution >= 4 is 5.78 Å². The van der Waals surface area contributed by atoms with Gasteiger partial charge in [-0.05, 0) is 55.4 Å². The standard InChI is InChI=1S/C21H28O3/c1-19(2)7-5-8-20(3)17(19)6-9-21(4)18(20)11-13-10-14(22)15(23)12-16(13)24-21/h10-12,17-18,22H,5-9H2,1-4H3/t17-,18+,20-,21+/m0/s1. The van der Waals surface area contributed by atoms with Gasteiger partial charge in [0.15, 0.2) is 5.76 Å². The SMILES string of the molecule is CC1(C)CCC[C@]2(C)[C@H]3C=C4C=C(O)C(=O)C=C4O[C@]3(C)CC[C@@H]12. The minimum Gasteiger partial charge on any atom is -0.504 e. The number of allylic oxidation sites excluding steroid dienone is 2. The quantitative estimate of drug-likeness (QED) is 0.691. The Morgan fingerprint density at radius 1 is 1.12 bits per heavy atom. The van der Waals surface area contributed by atoms with Crippen molar-refractivity contribution in [2.24, 2.45) is 22.7 Å². The lowest BCUT2D eigenvalue weighted by atomic mass is 9.45. The average molecular weight is 328 g/mol. The number of aliphatic hydroxyl groups is 1. The van der Waals surface area contributed by atoms with Gasteiger partial charge in [-0.15, -0.1) is 0 Å². The largest absolute Gasteiger partial charge is 0.504 e. The molecule has 4 atom stereocenters. The number of hydrogen-bond donors (Lipinski definition) is 1. The summed E-state index contributed by atoms with van der Waals surface area (Å²) >= 11 is 0. The molecule has 1 heterocycles. The van der Waals surface area contributed by atoms with Crippen LogP contribution in [0.2, 0.25) is 0 Å². The highest BCUT2D eigenvalue weighted by molar-refractivity contribution is 6.04. The highest BCUT2D eigenvalue weighted by Gasteiger charge is 2.60. The molecular weight excluding hydrogens is 300 g/mol. The van der Waals surface area contributed by atoms with Crippen LogP contribution in [0.5, 0.6) is 0 Å². The van der Waals surface area contributed by atoms with Gasteiger partial charge in [0.25, 0.3) is 0 Å². The molecule has 0 unspecified atom stereocenters. The monoisotopic (exact) mass is 328 g/mol. The Morgan fingerprint density at radius 2 is 1.88 bits per heavy atom. The Balaban J connectivity index is 1.82. The second kappa shape index (κ2) is 4.77. The molecular formula is C21H28O3. The van der Waals surface area contributed by atoms with Crippen molar-refractivity contribution in [1.82, 2.24) is 0 Å². The molecule has 3 aliphatic carbocycles. The molecule has 0 aromatic carbocycles. The van der Waals surface area contributed by atoms with E-state index >= 15 is 0 Å². The Morgan fingerprint density at radius 3 is 2.62 bits per heavy atom. The Kier molecular flexibility index (Phi) is 3.18. The summed E-state index contributed by atoms with van der Waals surface area (Å²) in [5.74, 6) is 1.09. The molecule has 1 N–H and O–H groups in total. The van der Waals surface area contributed by atoms with Gasteiger partial charge in [-0.2, -0.15) is 0 Å². The fraction of sp³-hybridized carbons (Fsp3) is 0.667. The van der Waals surface area contributed by atoms with Gasteiger partial charge < -0.3 is 9.84 Å². The van der Waals surface area contributed by atoms with Crippen molar-refractivity contribution in [3.05, 3.63) is 35.3 Å². The first-order valence-corrected chi connectivity index (χ1v) is 9.24. The van der Waals surface area contributed by atoms with E-state index in [2.05, 4.69) is 33.8 Å². The number of ether oxygens (including phenoxy) is 1. The topological polar surface area (TPSA) is 46.5 Å².